The summed E-state index contributed by atoms with van der Waals surface area (Å²) in [6.45, 7) is 2.07. The van der Waals surface area contributed by atoms with Crippen molar-refractivity contribution in [2.45, 2.75) is 6.42 Å². The van der Waals surface area contributed by atoms with Gasteiger partial charge in [-0.15, -0.1) is 0 Å². The van der Waals surface area contributed by atoms with Crippen LogP contribution in [0.5, 0.6) is 0 Å². The maximum atomic E-state index is 4.55. The van der Waals surface area contributed by atoms with Crippen molar-refractivity contribution in [2.24, 2.45) is 0 Å². The van der Waals surface area contributed by atoms with E-state index in [2.05, 4.69) is 63.4 Å². The summed E-state index contributed by atoms with van der Waals surface area (Å²) in [4.78, 5) is 6.75. The van der Waals surface area contributed by atoms with Gasteiger partial charge in [0.25, 0.3) is 0 Å². The molecule has 0 saturated heterocycles. The van der Waals surface area contributed by atoms with Gasteiger partial charge in [-0.1, -0.05) is 27.3 Å². The first-order valence-corrected chi connectivity index (χ1v) is 7.21. The Morgan fingerprint density at radius 2 is 2.24 bits per heavy atom. The first-order chi connectivity index (χ1) is 8.15. The molecule has 0 unspecified atom stereocenters. The zero-order valence-electron chi connectivity index (χ0n) is 10.0. The molecule has 0 amide bonds. The summed E-state index contributed by atoms with van der Waals surface area (Å²) in [7, 11) is 4.18. The van der Waals surface area contributed by atoms with E-state index in [1.54, 1.807) is 11.3 Å². The Balaban J connectivity index is 1.95. The minimum absolute atomic E-state index is 0.971. The Kier molecular flexibility index (Phi) is 4.36. The zero-order valence-corrected chi connectivity index (χ0v) is 12.4. The molecule has 0 aliphatic rings. The summed E-state index contributed by atoms with van der Waals surface area (Å²) in [6, 6.07) is 6.20. The number of benzene rings is 1. The van der Waals surface area contributed by atoms with Crippen LogP contribution < -0.4 is 5.32 Å². The van der Waals surface area contributed by atoms with E-state index in [1.807, 2.05) is 0 Å². The second kappa shape index (κ2) is 5.80. The molecule has 2 rings (SSSR count). The van der Waals surface area contributed by atoms with E-state index < -0.39 is 0 Å². The number of anilines is 1. The number of fused-ring (bicyclic) bond motifs is 1. The molecule has 0 saturated carbocycles. The third kappa shape index (κ3) is 3.66. The molecule has 1 aromatic carbocycles. The normalized spacial score (nSPS) is 11.3. The minimum Gasteiger partial charge on any atom is -0.361 e. The second-order valence-corrected chi connectivity index (χ2v) is 6.16. The standard InChI is InChI=1S/C12H16BrN3S/c1-16(2)7-3-6-14-12-15-10-8-9(13)4-5-11(10)17-12/h4-5,8H,3,6-7H2,1-2H3,(H,14,15). The first kappa shape index (κ1) is 12.8. The van der Waals surface area contributed by atoms with Crippen LogP contribution in [0, 0.1) is 0 Å². The van der Waals surface area contributed by atoms with Crippen molar-refractivity contribution < 1.29 is 0 Å². The lowest BCUT2D eigenvalue weighted by atomic mass is 10.3. The third-order valence-electron chi connectivity index (χ3n) is 2.41. The van der Waals surface area contributed by atoms with Gasteiger partial charge in [-0.2, -0.15) is 0 Å². The average Bonchev–Trinajstić information content (AvgIpc) is 2.66. The van der Waals surface area contributed by atoms with Gasteiger partial charge in [0.1, 0.15) is 0 Å². The van der Waals surface area contributed by atoms with Gasteiger partial charge in [-0.25, -0.2) is 4.98 Å². The van der Waals surface area contributed by atoms with Crippen molar-refractivity contribution in [3.05, 3.63) is 22.7 Å². The highest BCUT2D eigenvalue weighted by atomic mass is 79.9. The predicted octanol–water partition coefficient (Wildman–Crippen LogP) is 3.42. The summed E-state index contributed by atoms with van der Waals surface area (Å²) in [5.41, 5.74) is 1.06. The van der Waals surface area contributed by atoms with Crippen LogP contribution in [0.25, 0.3) is 10.2 Å². The number of halogens is 1. The second-order valence-electron chi connectivity index (χ2n) is 4.21. The number of nitrogens with zero attached hydrogens (tertiary/aromatic N) is 2. The maximum absolute atomic E-state index is 4.55. The molecule has 17 heavy (non-hydrogen) atoms. The largest absolute Gasteiger partial charge is 0.361 e. The van der Waals surface area contributed by atoms with E-state index >= 15 is 0 Å². The van der Waals surface area contributed by atoms with E-state index in [0.29, 0.717) is 0 Å². The monoisotopic (exact) mass is 313 g/mol. The van der Waals surface area contributed by atoms with Gasteiger partial charge < -0.3 is 10.2 Å². The molecule has 92 valence electrons. The van der Waals surface area contributed by atoms with Crippen LogP contribution >= 0.6 is 27.3 Å². The fraction of sp³-hybridized carbons (Fsp3) is 0.417. The number of rotatable bonds is 5. The lowest BCUT2D eigenvalue weighted by Crippen LogP contribution is -2.16. The molecule has 0 aliphatic heterocycles. The highest BCUT2D eigenvalue weighted by Gasteiger charge is 2.03. The van der Waals surface area contributed by atoms with Crippen molar-refractivity contribution >= 4 is 42.6 Å². The van der Waals surface area contributed by atoms with Gasteiger partial charge in [-0.3, -0.25) is 0 Å². The van der Waals surface area contributed by atoms with Crippen molar-refractivity contribution in [3.63, 3.8) is 0 Å². The van der Waals surface area contributed by atoms with Crippen LogP contribution in [-0.4, -0.2) is 37.1 Å². The summed E-state index contributed by atoms with van der Waals surface area (Å²) in [6.07, 6.45) is 1.13. The van der Waals surface area contributed by atoms with Crippen LogP contribution in [-0.2, 0) is 0 Å². The molecule has 0 aliphatic carbocycles. The molecule has 5 heteroatoms. The fourth-order valence-electron chi connectivity index (χ4n) is 1.57. The Bertz CT molecular complexity index is 495. The Labute approximate surface area is 114 Å². The molecule has 1 heterocycles. The molecular formula is C12H16BrN3S. The van der Waals surface area contributed by atoms with E-state index in [1.165, 1.54) is 4.70 Å². The number of hydrogen-bond donors (Lipinski definition) is 1. The number of aromatic nitrogens is 1. The lowest BCUT2D eigenvalue weighted by molar-refractivity contribution is 0.405. The van der Waals surface area contributed by atoms with E-state index in [-0.39, 0.29) is 0 Å². The smallest absolute Gasteiger partial charge is 0.183 e. The molecule has 0 bridgehead atoms. The molecule has 0 radical (unpaired) electrons. The molecule has 3 nitrogen and oxygen atoms in total. The van der Waals surface area contributed by atoms with Crippen molar-refractivity contribution in [2.75, 3.05) is 32.5 Å². The molecular weight excluding hydrogens is 298 g/mol. The number of thiazole rings is 1. The summed E-state index contributed by atoms with van der Waals surface area (Å²) in [5, 5.41) is 4.39. The van der Waals surface area contributed by atoms with Crippen LogP contribution in [0.15, 0.2) is 22.7 Å². The number of hydrogen-bond acceptors (Lipinski definition) is 4. The van der Waals surface area contributed by atoms with E-state index in [9.17, 15) is 0 Å². The van der Waals surface area contributed by atoms with Crippen LogP contribution in [0.3, 0.4) is 0 Å². The van der Waals surface area contributed by atoms with Gasteiger partial charge in [0, 0.05) is 11.0 Å². The summed E-state index contributed by atoms with van der Waals surface area (Å²) in [5.74, 6) is 0. The quantitative estimate of drug-likeness (QED) is 0.857. The molecule has 0 fully saturated rings. The Morgan fingerprint density at radius 3 is 3.00 bits per heavy atom. The molecule has 2 aromatic rings. The highest BCUT2D eigenvalue weighted by Crippen LogP contribution is 2.27. The van der Waals surface area contributed by atoms with Gasteiger partial charge in [0.05, 0.1) is 10.2 Å². The Hall–Kier alpha value is -0.650. The van der Waals surface area contributed by atoms with Crippen molar-refractivity contribution in [1.82, 2.24) is 9.88 Å². The van der Waals surface area contributed by atoms with E-state index in [4.69, 9.17) is 0 Å². The zero-order chi connectivity index (χ0) is 12.3. The van der Waals surface area contributed by atoms with Gasteiger partial charge >= 0.3 is 0 Å². The van der Waals surface area contributed by atoms with Crippen molar-refractivity contribution in [3.8, 4) is 0 Å². The molecule has 0 spiro atoms. The molecule has 1 aromatic heterocycles. The minimum atomic E-state index is 0.971. The average molecular weight is 314 g/mol. The molecule has 1 N–H and O–H groups in total. The van der Waals surface area contributed by atoms with Gasteiger partial charge in [-0.05, 0) is 45.3 Å². The van der Waals surface area contributed by atoms with Crippen LogP contribution in [0.1, 0.15) is 6.42 Å². The first-order valence-electron chi connectivity index (χ1n) is 5.60. The SMILES string of the molecule is CN(C)CCCNc1nc2cc(Br)ccc2s1. The summed E-state index contributed by atoms with van der Waals surface area (Å²) >= 11 is 5.17. The topological polar surface area (TPSA) is 28.2 Å². The highest BCUT2D eigenvalue weighted by molar-refractivity contribution is 9.10. The number of nitrogens with one attached hydrogen (secondary N) is 1. The molecule has 0 atom stereocenters. The lowest BCUT2D eigenvalue weighted by Gasteiger charge is -2.08. The predicted molar refractivity (Wildman–Crippen MR) is 79.0 cm³/mol. The maximum Gasteiger partial charge on any atom is 0.183 e. The van der Waals surface area contributed by atoms with Gasteiger partial charge in [0.2, 0.25) is 0 Å². The van der Waals surface area contributed by atoms with E-state index in [0.717, 1.165) is 34.6 Å². The van der Waals surface area contributed by atoms with Gasteiger partial charge in [0.15, 0.2) is 5.13 Å². The third-order valence-corrected chi connectivity index (χ3v) is 3.90. The summed E-state index contributed by atoms with van der Waals surface area (Å²) < 4.78 is 2.30. The van der Waals surface area contributed by atoms with Crippen LogP contribution in [0.2, 0.25) is 0 Å². The fourth-order valence-corrected chi connectivity index (χ4v) is 2.79. The Morgan fingerprint density at radius 1 is 1.41 bits per heavy atom. The van der Waals surface area contributed by atoms with Crippen molar-refractivity contribution in [1.29, 1.82) is 0 Å². The van der Waals surface area contributed by atoms with Crippen LogP contribution in [0.4, 0.5) is 5.13 Å².